The molecule has 2 fully saturated rings. The Hall–Kier alpha value is -1.06. The fourth-order valence-electron chi connectivity index (χ4n) is 2.64. The van der Waals surface area contributed by atoms with Gasteiger partial charge in [0.25, 0.3) is 0 Å². The maximum Gasteiger partial charge on any atom is 0.242 e. The Morgan fingerprint density at radius 3 is 2.75 bits per heavy atom. The third kappa shape index (κ3) is 2.54. The summed E-state index contributed by atoms with van der Waals surface area (Å²) in [6.07, 6.45) is 6.06. The summed E-state index contributed by atoms with van der Waals surface area (Å²) in [5.74, 6) is -0.0220. The molecule has 0 bridgehead atoms. The third-order valence-electron chi connectivity index (χ3n) is 3.81. The van der Waals surface area contributed by atoms with E-state index < -0.39 is 0 Å². The molecule has 1 heterocycles. The smallest absolute Gasteiger partial charge is 0.242 e. The number of amides is 2. The van der Waals surface area contributed by atoms with Crippen LogP contribution in [-0.2, 0) is 9.59 Å². The first-order valence-corrected chi connectivity index (χ1v) is 6.16. The van der Waals surface area contributed by atoms with Crippen LogP contribution in [0.3, 0.4) is 0 Å². The molecule has 1 aliphatic heterocycles. The van der Waals surface area contributed by atoms with Crippen LogP contribution >= 0.6 is 0 Å². The molecule has 1 atom stereocenters. The highest BCUT2D eigenvalue weighted by molar-refractivity contribution is 5.90. The molecule has 0 aromatic carbocycles. The molecule has 2 N–H and O–H groups in total. The maximum absolute atomic E-state index is 11.8. The van der Waals surface area contributed by atoms with Crippen molar-refractivity contribution in [2.45, 2.75) is 51.5 Å². The van der Waals surface area contributed by atoms with Gasteiger partial charge in [0.1, 0.15) is 6.04 Å². The topological polar surface area (TPSA) is 58.2 Å². The van der Waals surface area contributed by atoms with E-state index in [9.17, 15) is 9.59 Å². The van der Waals surface area contributed by atoms with Gasteiger partial charge in [-0.3, -0.25) is 9.59 Å². The van der Waals surface area contributed by atoms with Crippen LogP contribution in [0, 0.1) is 5.41 Å². The number of carbonyl (C=O) groups is 2. The molecule has 16 heavy (non-hydrogen) atoms. The van der Waals surface area contributed by atoms with Gasteiger partial charge >= 0.3 is 0 Å². The second-order valence-corrected chi connectivity index (χ2v) is 5.39. The average Bonchev–Trinajstić information content (AvgIpc) is 2.85. The molecule has 2 rings (SSSR count). The summed E-state index contributed by atoms with van der Waals surface area (Å²) in [6, 6.07) is -0.294. The van der Waals surface area contributed by atoms with Crippen molar-refractivity contribution in [2.75, 3.05) is 6.54 Å². The van der Waals surface area contributed by atoms with Gasteiger partial charge in [0.05, 0.1) is 0 Å². The lowest BCUT2D eigenvalue weighted by Gasteiger charge is -2.24. The normalized spacial score (nSPS) is 27.8. The van der Waals surface area contributed by atoms with Crippen LogP contribution in [0.4, 0.5) is 0 Å². The summed E-state index contributed by atoms with van der Waals surface area (Å²) < 4.78 is 0. The van der Waals surface area contributed by atoms with E-state index in [1.807, 2.05) is 0 Å². The van der Waals surface area contributed by atoms with E-state index in [1.165, 1.54) is 25.7 Å². The summed E-state index contributed by atoms with van der Waals surface area (Å²) in [5.41, 5.74) is 0.276. The highest BCUT2D eigenvalue weighted by Crippen LogP contribution is 2.36. The molecule has 0 aromatic rings. The number of hydrogen-bond donors (Lipinski definition) is 2. The van der Waals surface area contributed by atoms with Crippen molar-refractivity contribution >= 4 is 11.8 Å². The van der Waals surface area contributed by atoms with Crippen molar-refractivity contribution in [3.8, 4) is 0 Å². The fraction of sp³-hybridized carbons (Fsp3) is 0.833. The van der Waals surface area contributed by atoms with Gasteiger partial charge in [-0.25, -0.2) is 0 Å². The molecule has 0 unspecified atom stereocenters. The van der Waals surface area contributed by atoms with Crippen molar-refractivity contribution in [3.05, 3.63) is 0 Å². The standard InChI is InChI=1S/C12H20N2O2/c1-12(6-2-3-7-12)8-13-11(16)9-4-5-10(15)14-9/h9H,2-8H2,1H3,(H,13,16)(H,14,15)/t9-/m1/s1. The number of rotatable bonds is 3. The molecular formula is C12H20N2O2. The quantitative estimate of drug-likeness (QED) is 0.750. The van der Waals surface area contributed by atoms with Crippen LogP contribution in [0.1, 0.15) is 45.4 Å². The molecule has 0 aromatic heterocycles. The highest BCUT2D eigenvalue weighted by atomic mass is 16.2. The molecule has 90 valence electrons. The molecule has 2 aliphatic rings. The monoisotopic (exact) mass is 224 g/mol. The van der Waals surface area contributed by atoms with Gasteiger partial charge in [0, 0.05) is 13.0 Å². The Morgan fingerprint density at radius 2 is 2.19 bits per heavy atom. The van der Waals surface area contributed by atoms with Crippen molar-refractivity contribution in [3.63, 3.8) is 0 Å². The molecule has 0 spiro atoms. The second-order valence-electron chi connectivity index (χ2n) is 5.39. The number of nitrogens with one attached hydrogen (secondary N) is 2. The number of hydrogen-bond acceptors (Lipinski definition) is 2. The maximum atomic E-state index is 11.8. The van der Waals surface area contributed by atoms with Gasteiger partial charge in [-0.15, -0.1) is 0 Å². The highest BCUT2D eigenvalue weighted by Gasteiger charge is 2.31. The summed E-state index contributed by atoms with van der Waals surface area (Å²) in [4.78, 5) is 22.8. The minimum atomic E-state index is -0.294. The zero-order chi connectivity index (χ0) is 11.6. The van der Waals surface area contributed by atoms with Gasteiger partial charge in [-0.2, -0.15) is 0 Å². The summed E-state index contributed by atoms with van der Waals surface area (Å²) >= 11 is 0. The van der Waals surface area contributed by atoms with Crippen LogP contribution in [-0.4, -0.2) is 24.4 Å². The van der Waals surface area contributed by atoms with E-state index in [-0.39, 0.29) is 23.3 Å². The first-order chi connectivity index (χ1) is 7.59. The van der Waals surface area contributed by atoms with Gasteiger partial charge < -0.3 is 10.6 Å². The zero-order valence-electron chi connectivity index (χ0n) is 9.84. The molecule has 1 saturated carbocycles. The lowest BCUT2D eigenvalue weighted by molar-refractivity contribution is -0.126. The van der Waals surface area contributed by atoms with Crippen LogP contribution in [0.15, 0.2) is 0 Å². The van der Waals surface area contributed by atoms with Crippen molar-refractivity contribution in [2.24, 2.45) is 5.41 Å². The Labute approximate surface area is 96.2 Å². The van der Waals surface area contributed by atoms with E-state index in [0.29, 0.717) is 12.8 Å². The lowest BCUT2D eigenvalue weighted by Crippen LogP contribution is -2.44. The lowest BCUT2D eigenvalue weighted by atomic mass is 9.89. The summed E-state index contributed by atoms with van der Waals surface area (Å²) in [6.45, 7) is 2.98. The Morgan fingerprint density at radius 1 is 1.50 bits per heavy atom. The molecule has 1 aliphatic carbocycles. The van der Waals surface area contributed by atoms with Crippen LogP contribution < -0.4 is 10.6 Å². The Kier molecular flexibility index (Phi) is 3.17. The van der Waals surface area contributed by atoms with E-state index in [0.717, 1.165) is 6.54 Å². The molecule has 1 saturated heterocycles. The van der Waals surface area contributed by atoms with Gasteiger partial charge in [-0.05, 0) is 24.7 Å². The predicted octanol–water partition coefficient (Wildman–Crippen LogP) is 0.961. The van der Waals surface area contributed by atoms with E-state index in [1.54, 1.807) is 0 Å². The first kappa shape index (κ1) is 11.4. The van der Waals surface area contributed by atoms with E-state index in [2.05, 4.69) is 17.6 Å². The Bertz CT molecular complexity index is 295. The molecule has 2 amide bonds. The van der Waals surface area contributed by atoms with Crippen LogP contribution in [0.2, 0.25) is 0 Å². The second kappa shape index (κ2) is 4.44. The van der Waals surface area contributed by atoms with Gasteiger partial charge in [-0.1, -0.05) is 19.8 Å². The van der Waals surface area contributed by atoms with Gasteiger partial charge in [0.2, 0.25) is 11.8 Å². The predicted molar refractivity (Wildman–Crippen MR) is 60.7 cm³/mol. The molecule has 4 nitrogen and oxygen atoms in total. The van der Waals surface area contributed by atoms with Crippen molar-refractivity contribution < 1.29 is 9.59 Å². The Balaban J connectivity index is 1.77. The van der Waals surface area contributed by atoms with E-state index >= 15 is 0 Å². The van der Waals surface area contributed by atoms with Crippen LogP contribution in [0.5, 0.6) is 0 Å². The zero-order valence-corrected chi connectivity index (χ0v) is 9.84. The largest absolute Gasteiger partial charge is 0.354 e. The summed E-state index contributed by atoms with van der Waals surface area (Å²) in [5, 5.41) is 5.66. The van der Waals surface area contributed by atoms with E-state index in [4.69, 9.17) is 0 Å². The van der Waals surface area contributed by atoms with Crippen molar-refractivity contribution in [1.29, 1.82) is 0 Å². The number of carbonyl (C=O) groups excluding carboxylic acids is 2. The minimum absolute atomic E-state index is 0.00720. The SMILES string of the molecule is CC1(CNC(=O)[C@H]2CCC(=O)N2)CCCC1. The molecule has 0 radical (unpaired) electrons. The van der Waals surface area contributed by atoms with Crippen LogP contribution in [0.25, 0.3) is 0 Å². The third-order valence-corrected chi connectivity index (χ3v) is 3.81. The first-order valence-electron chi connectivity index (χ1n) is 6.16. The van der Waals surface area contributed by atoms with Crippen molar-refractivity contribution in [1.82, 2.24) is 10.6 Å². The summed E-state index contributed by atoms with van der Waals surface area (Å²) in [7, 11) is 0. The fourth-order valence-corrected chi connectivity index (χ4v) is 2.64. The molecular weight excluding hydrogens is 204 g/mol. The minimum Gasteiger partial charge on any atom is -0.354 e. The van der Waals surface area contributed by atoms with Gasteiger partial charge in [0.15, 0.2) is 0 Å². The average molecular weight is 224 g/mol. The molecule has 4 heteroatoms.